The van der Waals surface area contributed by atoms with Crippen LogP contribution >= 0.6 is 0 Å². The van der Waals surface area contributed by atoms with E-state index in [4.69, 9.17) is 4.52 Å². The molecule has 1 N–H and O–H groups in total. The molecule has 106 valence electrons. The van der Waals surface area contributed by atoms with Gasteiger partial charge in [-0.1, -0.05) is 34.5 Å². The molecule has 0 atom stereocenters. The van der Waals surface area contributed by atoms with E-state index >= 15 is 0 Å². The zero-order chi connectivity index (χ0) is 13.9. The molecule has 1 saturated heterocycles. The quantitative estimate of drug-likeness (QED) is 0.932. The summed E-state index contributed by atoms with van der Waals surface area (Å²) in [5, 5.41) is 7.49. The van der Waals surface area contributed by atoms with Crippen molar-refractivity contribution in [2.24, 2.45) is 0 Å². The Morgan fingerprint density at radius 3 is 2.55 bits per heavy atom. The molecule has 1 fully saturated rings. The first kappa shape index (κ1) is 13.3. The van der Waals surface area contributed by atoms with Gasteiger partial charge in [0.1, 0.15) is 0 Å². The van der Waals surface area contributed by atoms with Crippen LogP contribution in [-0.2, 0) is 6.42 Å². The van der Waals surface area contributed by atoms with Crippen molar-refractivity contribution in [2.45, 2.75) is 39.0 Å². The summed E-state index contributed by atoms with van der Waals surface area (Å²) in [5.41, 5.74) is 3.81. The third-order valence-electron chi connectivity index (χ3n) is 3.82. The van der Waals surface area contributed by atoms with Gasteiger partial charge in [0.25, 0.3) is 0 Å². The molecule has 2 heterocycles. The summed E-state index contributed by atoms with van der Waals surface area (Å²) < 4.78 is 5.45. The minimum absolute atomic E-state index is 0.428. The Hall–Kier alpha value is -1.68. The second kappa shape index (κ2) is 5.75. The second-order valence-corrected chi connectivity index (χ2v) is 5.75. The fraction of sp³-hybridized carbons (Fsp3) is 0.500. The summed E-state index contributed by atoms with van der Waals surface area (Å²) in [6.07, 6.45) is 2.92. The molecule has 1 aliphatic heterocycles. The molecule has 3 rings (SSSR count). The molecule has 1 aromatic carbocycles. The number of nitrogens with zero attached hydrogens (tertiary/aromatic N) is 2. The average Bonchev–Trinajstić information content (AvgIpc) is 2.87. The van der Waals surface area contributed by atoms with Crippen molar-refractivity contribution >= 4 is 0 Å². The monoisotopic (exact) mass is 271 g/mol. The van der Waals surface area contributed by atoms with Crippen molar-refractivity contribution in [3.63, 3.8) is 0 Å². The van der Waals surface area contributed by atoms with Crippen LogP contribution < -0.4 is 5.32 Å². The van der Waals surface area contributed by atoms with E-state index in [1.165, 1.54) is 16.7 Å². The highest BCUT2D eigenvalue weighted by atomic mass is 16.5. The van der Waals surface area contributed by atoms with Gasteiger partial charge >= 0.3 is 0 Å². The van der Waals surface area contributed by atoms with Crippen LogP contribution in [0.3, 0.4) is 0 Å². The van der Waals surface area contributed by atoms with Gasteiger partial charge in [-0.2, -0.15) is 4.98 Å². The molecule has 0 bridgehead atoms. The standard InChI is InChI=1S/C16H21N3O/c1-11-7-12(2)9-13(8-11)10-15-18-16(20-19-15)14-3-5-17-6-4-14/h7-9,14,17H,3-6,10H2,1-2H3. The van der Waals surface area contributed by atoms with Gasteiger partial charge in [-0.05, 0) is 45.3 Å². The Labute approximate surface area is 119 Å². The molecule has 0 radical (unpaired) electrons. The third-order valence-corrected chi connectivity index (χ3v) is 3.82. The zero-order valence-electron chi connectivity index (χ0n) is 12.1. The van der Waals surface area contributed by atoms with Gasteiger partial charge < -0.3 is 9.84 Å². The molecule has 0 saturated carbocycles. The van der Waals surface area contributed by atoms with Crippen LogP contribution in [0.25, 0.3) is 0 Å². The summed E-state index contributed by atoms with van der Waals surface area (Å²) in [6.45, 7) is 6.32. The number of piperidine rings is 1. The van der Waals surface area contributed by atoms with E-state index in [1.54, 1.807) is 0 Å². The minimum atomic E-state index is 0.428. The van der Waals surface area contributed by atoms with Gasteiger partial charge in [0, 0.05) is 12.3 Å². The van der Waals surface area contributed by atoms with Crippen LogP contribution in [0.15, 0.2) is 22.7 Å². The summed E-state index contributed by atoms with van der Waals surface area (Å²) in [7, 11) is 0. The first-order chi connectivity index (χ1) is 9.70. The van der Waals surface area contributed by atoms with Crippen LogP contribution in [0.5, 0.6) is 0 Å². The van der Waals surface area contributed by atoms with Gasteiger partial charge in [-0.3, -0.25) is 0 Å². The van der Waals surface area contributed by atoms with Gasteiger partial charge in [0.2, 0.25) is 5.89 Å². The highest BCUT2D eigenvalue weighted by Gasteiger charge is 2.21. The lowest BCUT2D eigenvalue weighted by atomic mass is 9.98. The number of aromatic nitrogens is 2. The van der Waals surface area contributed by atoms with E-state index in [2.05, 4.69) is 47.5 Å². The van der Waals surface area contributed by atoms with Crippen molar-refractivity contribution in [3.05, 3.63) is 46.6 Å². The molecule has 1 aromatic heterocycles. The Bertz CT molecular complexity index is 565. The molecular formula is C16H21N3O. The molecular weight excluding hydrogens is 250 g/mol. The van der Waals surface area contributed by atoms with Crippen molar-refractivity contribution in [1.29, 1.82) is 0 Å². The van der Waals surface area contributed by atoms with Crippen LogP contribution in [-0.4, -0.2) is 23.2 Å². The van der Waals surface area contributed by atoms with Crippen molar-refractivity contribution < 1.29 is 4.52 Å². The van der Waals surface area contributed by atoms with Crippen molar-refractivity contribution in [2.75, 3.05) is 13.1 Å². The SMILES string of the molecule is Cc1cc(C)cc(Cc2noc(C3CCNCC3)n2)c1. The van der Waals surface area contributed by atoms with Crippen LogP contribution in [0.4, 0.5) is 0 Å². The average molecular weight is 271 g/mol. The largest absolute Gasteiger partial charge is 0.339 e. The van der Waals surface area contributed by atoms with Gasteiger partial charge in [-0.15, -0.1) is 0 Å². The molecule has 4 nitrogen and oxygen atoms in total. The number of aryl methyl sites for hydroxylation is 2. The predicted octanol–water partition coefficient (Wildman–Crippen LogP) is 2.74. The molecule has 0 spiro atoms. The Balaban J connectivity index is 1.73. The van der Waals surface area contributed by atoms with E-state index in [1.807, 2.05) is 0 Å². The normalized spacial score (nSPS) is 16.5. The smallest absolute Gasteiger partial charge is 0.229 e. The number of benzene rings is 1. The minimum Gasteiger partial charge on any atom is -0.339 e. The zero-order valence-corrected chi connectivity index (χ0v) is 12.1. The van der Waals surface area contributed by atoms with Crippen LogP contribution in [0, 0.1) is 13.8 Å². The molecule has 0 amide bonds. The summed E-state index contributed by atoms with van der Waals surface area (Å²) in [4.78, 5) is 4.58. The predicted molar refractivity (Wildman–Crippen MR) is 77.9 cm³/mol. The van der Waals surface area contributed by atoms with E-state index in [0.29, 0.717) is 5.92 Å². The fourth-order valence-electron chi connectivity index (χ4n) is 2.93. The summed E-state index contributed by atoms with van der Waals surface area (Å²) >= 11 is 0. The second-order valence-electron chi connectivity index (χ2n) is 5.75. The number of rotatable bonds is 3. The number of nitrogens with one attached hydrogen (secondary N) is 1. The van der Waals surface area contributed by atoms with E-state index in [0.717, 1.165) is 44.1 Å². The topological polar surface area (TPSA) is 51.0 Å². The Morgan fingerprint density at radius 2 is 1.85 bits per heavy atom. The first-order valence-corrected chi connectivity index (χ1v) is 7.31. The third kappa shape index (κ3) is 3.07. The van der Waals surface area contributed by atoms with Crippen LogP contribution in [0.1, 0.15) is 47.2 Å². The molecule has 20 heavy (non-hydrogen) atoms. The molecule has 2 aromatic rings. The highest BCUT2D eigenvalue weighted by molar-refractivity contribution is 5.30. The van der Waals surface area contributed by atoms with Gasteiger partial charge in [0.05, 0.1) is 0 Å². The number of hydrogen-bond donors (Lipinski definition) is 1. The Kier molecular flexibility index (Phi) is 3.83. The first-order valence-electron chi connectivity index (χ1n) is 7.31. The lowest BCUT2D eigenvalue weighted by Gasteiger charge is -2.18. The molecule has 1 aliphatic rings. The van der Waals surface area contributed by atoms with E-state index in [9.17, 15) is 0 Å². The van der Waals surface area contributed by atoms with E-state index < -0.39 is 0 Å². The fourth-order valence-corrected chi connectivity index (χ4v) is 2.93. The summed E-state index contributed by atoms with van der Waals surface area (Å²) in [5.74, 6) is 2.03. The van der Waals surface area contributed by atoms with Gasteiger partial charge in [-0.25, -0.2) is 0 Å². The molecule has 4 heteroatoms. The van der Waals surface area contributed by atoms with Gasteiger partial charge in [0.15, 0.2) is 5.82 Å². The lowest BCUT2D eigenvalue weighted by molar-refractivity contribution is 0.318. The van der Waals surface area contributed by atoms with Crippen molar-refractivity contribution in [1.82, 2.24) is 15.5 Å². The maximum atomic E-state index is 5.45. The lowest BCUT2D eigenvalue weighted by Crippen LogP contribution is -2.26. The van der Waals surface area contributed by atoms with E-state index in [-0.39, 0.29) is 0 Å². The highest BCUT2D eigenvalue weighted by Crippen LogP contribution is 2.24. The summed E-state index contributed by atoms with van der Waals surface area (Å²) in [6, 6.07) is 6.56. The van der Waals surface area contributed by atoms with Crippen LogP contribution in [0.2, 0.25) is 0 Å². The maximum Gasteiger partial charge on any atom is 0.229 e. The molecule has 0 aliphatic carbocycles. The molecule has 0 unspecified atom stereocenters. The van der Waals surface area contributed by atoms with Crippen molar-refractivity contribution in [3.8, 4) is 0 Å². The Morgan fingerprint density at radius 1 is 1.15 bits per heavy atom. The maximum absolute atomic E-state index is 5.45. The number of hydrogen-bond acceptors (Lipinski definition) is 4.